The van der Waals surface area contributed by atoms with E-state index >= 15 is 0 Å². The molecule has 0 unspecified atom stereocenters. The number of amides is 1. The quantitative estimate of drug-likeness (QED) is 0.700. The molecule has 1 aliphatic carbocycles. The zero-order valence-electron chi connectivity index (χ0n) is 10.8. The highest BCUT2D eigenvalue weighted by molar-refractivity contribution is 5.92. The smallest absolute Gasteiger partial charge is 0.248 e. The zero-order valence-corrected chi connectivity index (χ0v) is 10.8. The molecule has 0 bridgehead atoms. The zero-order chi connectivity index (χ0) is 13.7. The van der Waals surface area contributed by atoms with Gasteiger partial charge in [-0.3, -0.25) is 4.79 Å². The Labute approximate surface area is 112 Å². The molecule has 1 amide bonds. The minimum atomic E-state index is -0.547. The van der Waals surface area contributed by atoms with Crippen molar-refractivity contribution in [2.24, 2.45) is 11.7 Å². The summed E-state index contributed by atoms with van der Waals surface area (Å²) in [6.07, 6.45) is 2.55. The van der Waals surface area contributed by atoms with Crippen LogP contribution in [0.4, 0.5) is 4.39 Å². The summed E-state index contributed by atoms with van der Waals surface area (Å²) in [7, 11) is 0. The van der Waals surface area contributed by atoms with Gasteiger partial charge in [0.25, 0.3) is 0 Å². The molecule has 0 heterocycles. The molecule has 104 valence electrons. The van der Waals surface area contributed by atoms with Crippen LogP contribution in [0.5, 0.6) is 0 Å². The molecule has 0 aromatic heterocycles. The molecular weight excluding hydrogens is 247 g/mol. The van der Waals surface area contributed by atoms with Crippen molar-refractivity contribution in [1.29, 1.82) is 0 Å². The molecule has 19 heavy (non-hydrogen) atoms. The van der Waals surface area contributed by atoms with Crippen LogP contribution in [0.25, 0.3) is 0 Å². The van der Waals surface area contributed by atoms with Crippen LogP contribution in [0.2, 0.25) is 0 Å². The normalized spacial score (nSPS) is 14.6. The third-order valence-electron chi connectivity index (χ3n) is 3.12. The number of nitrogens with two attached hydrogens (primary N) is 1. The second-order valence-electron chi connectivity index (χ2n) is 4.87. The first-order valence-corrected chi connectivity index (χ1v) is 6.53. The fourth-order valence-corrected chi connectivity index (χ4v) is 1.77. The molecule has 1 fully saturated rings. The van der Waals surface area contributed by atoms with Crippen molar-refractivity contribution in [3.63, 3.8) is 0 Å². The lowest BCUT2D eigenvalue weighted by Crippen LogP contribution is -2.21. The molecule has 0 atom stereocenters. The van der Waals surface area contributed by atoms with Crippen molar-refractivity contribution in [3.05, 3.63) is 35.1 Å². The summed E-state index contributed by atoms with van der Waals surface area (Å²) in [4.78, 5) is 11.0. The van der Waals surface area contributed by atoms with Crippen LogP contribution in [-0.2, 0) is 11.3 Å². The van der Waals surface area contributed by atoms with Crippen molar-refractivity contribution in [1.82, 2.24) is 5.32 Å². The fourth-order valence-electron chi connectivity index (χ4n) is 1.77. The first kappa shape index (κ1) is 14.0. The Hall–Kier alpha value is -1.46. The molecule has 3 N–H and O–H groups in total. The van der Waals surface area contributed by atoms with Gasteiger partial charge in [-0.25, -0.2) is 4.39 Å². The Morgan fingerprint density at radius 2 is 2.26 bits per heavy atom. The second-order valence-corrected chi connectivity index (χ2v) is 4.87. The number of hydrogen-bond donors (Lipinski definition) is 2. The van der Waals surface area contributed by atoms with Crippen LogP contribution in [-0.4, -0.2) is 25.7 Å². The number of benzene rings is 1. The van der Waals surface area contributed by atoms with Crippen LogP contribution >= 0.6 is 0 Å². The number of halogens is 1. The van der Waals surface area contributed by atoms with Gasteiger partial charge in [-0.2, -0.15) is 0 Å². The molecule has 5 heteroatoms. The number of rotatable bonds is 8. The molecule has 0 radical (unpaired) electrons. The second kappa shape index (κ2) is 6.63. The number of hydrogen-bond acceptors (Lipinski definition) is 3. The minimum absolute atomic E-state index is 0.322. The number of carbonyl (C=O) groups is 1. The molecule has 4 nitrogen and oxygen atoms in total. The summed E-state index contributed by atoms with van der Waals surface area (Å²) in [6, 6.07) is 4.14. The highest BCUT2D eigenvalue weighted by Gasteiger charge is 2.20. The van der Waals surface area contributed by atoms with E-state index in [9.17, 15) is 9.18 Å². The molecule has 1 aliphatic rings. The Balaban J connectivity index is 1.71. The Bertz CT molecular complexity index is 447. The van der Waals surface area contributed by atoms with E-state index in [2.05, 4.69) is 5.32 Å². The first-order chi connectivity index (χ1) is 9.16. The summed E-state index contributed by atoms with van der Waals surface area (Å²) in [5.74, 6) is -0.130. The summed E-state index contributed by atoms with van der Waals surface area (Å²) < 4.78 is 19.0. The van der Waals surface area contributed by atoms with E-state index in [1.54, 1.807) is 0 Å². The Kier molecular flexibility index (Phi) is 4.87. The molecule has 1 aromatic carbocycles. The lowest BCUT2D eigenvalue weighted by molar-refractivity contribution is 0.1000. The fraction of sp³-hybridized carbons (Fsp3) is 0.500. The predicted molar refractivity (Wildman–Crippen MR) is 70.2 cm³/mol. The number of ether oxygens (including phenoxy) is 1. The summed E-state index contributed by atoms with van der Waals surface area (Å²) in [5.41, 5.74) is 5.92. The average molecular weight is 266 g/mol. The number of primary amides is 1. The lowest BCUT2D eigenvalue weighted by Gasteiger charge is -2.08. The van der Waals surface area contributed by atoms with Crippen molar-refractivity contribution in [2.75, 3.05) is 19.8 Å². The maximum absolute atomic E-state index is 13.5. The largest absolute Gasteiger partial charge is 0.380 e. The van der Waals surface area contributed by atoms with Crippen LogP contribution in [0, 0.1) is 11.7 Å². The van der Waals surface area contributed by atoms with E-state index in [1.165, 1.54) is 31.0 Å². The van der Waals surface area contributed by atoms with E-state index in [0.717, 1.165) is 12.5 Å². The highest BCUT2D eigenvalue weighted by atomic mass is 19.1. The topological polar surface area (TPSA) is 64.4 Å². The van der Waals surface area contributed by atoms with E-state index in [0.29, 0.717) is 30.8 Å². The van der Waals surface area contributed by atoms with Crippen molar-refractivity contribution in [2.45, 2.75) is 19.4 Å². The number of carbonyl (C=O) groups excluding carboxylic acids is 1. The van der Waals surface area contributed by atoms with E-state index in [1.807, 2.05) is 0 Å². The Morgan fingerprint density at radius 1 is 1.47 bits per heavy atom. The SMILES string of the molecule is NC(=O)c1ccc(F)c(CNCCOCC2CC2)c1. The monoisotopic (exact) mass is 266 g/mol. The molecule has 1 saturated carbocycles. The minimum Gasteiger partial charge on any atom is -0.380 e. The van der Waals surface area contributed by atoms with Gasteiger partial charge in [-0.05, 0) is 37.0 Å². The summed E-state index contributed by atoms with van der Waals surface area (Å²) >= 11 is 0. The van der Waals surface area contributed by atoms with E-state index in [-0.39, 0.29) is 5.82 Å². The van der Waals surface area contributed by atoms with Crippen LogP contribution in [0.15, 0.2) is 18.2 Å². The molecule has 0 spiro atoms. The van der Waals surface area contributed by atoms with Gasteiger partial charge in [0.15, 0.2) is 0 Å². The molecule has 0 aliphatic heterocycles. The molecular formula is C14H19FN2O2. The van der Waals surface area contributed by atoms with Crippen LogP contribution < -0.4 is 11.1 Å². The highest BCUT2D eigenvalue weighted by Crippen LogP contribution is 2.28. The molecule has 1 aromatic rings. The van der Waals surface area contributed by atoms with Gasteiger partial charge in [0.05, 0.1) is 6.61 Å². The van der Waals surface area contributed by atoms with E-state index in [4.69, 9.17) is 10.5 Å². The van der Waals surface area contributed by atoms with Gasteiger partial charge < -0.3 is 15.8 Å². The van der Waals surface area contributed by atoms with Crippen LogP contribution in [0.1, 0.15) is 28.8 Å². The van der Waals surface area contributed by atoms with Gasteiger partial charge in [0.1, 0.15) is 5.82 Å². The standard InChI is InChI=1S/C14H19FN2O2/c15-13-4-3-11(14(16)18)7-12(13)8-17-5-6-19-9-10-1-2-10/h3-4,7,10,17H,1-2,5-6,8-9H2,(H2,16,18). The van der Waals surface area contributed by atoms with Gasteiger partial charge in [0.2, 0.25) is 5.91 Å². The van der Waals surface area contributed by atoms with Gasteiger partial charge in [-0.15, -0.1) is 0 Å². The molecule has 2 rings (SSSR count). The maximum atomic E-state index is 13.5. The van der Waals surface area contributed by atoms with E-state index < -0.39 is 5.91 Å². The lowest BCUT2D eigenvalue weighted by atomic mass is 10.1. The maximum Gasteiger partial charge on any atom is 0.248 e. The van der Waals surface area contributed by atoms with Gasteiger partial charge in [0, 0.05) is 30.8 Å². The Morgan fingerprint density at radius 3 is 2.95 bits per heavy atom. The average Bonchev–Trinajstić information content (AvgIpc) is 3.19. The summed E-state index contributed by atoms with van der Waals surface area (Å²) in [6.45, 7) is 2.47. The van der Waals surface area contributed by atoms with Crippen LogP contribution in [0.3, 0.4) is 0 Å². The van der Waals surface area contributed by atoms with Crippen molar-refractivity contribution < 1.29 is 13.9 Å². The third kappa shape index (κ3) is 4.61. The van der Waals surface area contributed by atoms with Gasteiger partial charge >= 0.3 is 0 Å². The van der Waals surface area contributed by atoms with Crippen molar-refractivity contribution >= 4 is 5.91 Å². The van der Waals surface area contributed by atoms with Crippen molar-refractivity contribution in [3.8, 4) is 0 Å². The summed E-state index contributed by atoms with van der Waals surface area (Å²) in [5, 5.41) is 3.09. The third-order valence-corrected chi connectivity index (χ3v) is 3.12. The first-order valence-electron chi connectivity index (χ1n) is 6.53. The van der Waals surface area contributed by atoms with Gasteiger partial charge in [-0.1, -0.05) is 0 Å². The molecule has 0 saturated heterocycles. The predicted octanol–water partition coefficient (Wildman–Crippen LogP) is 1.44. The number of nitrogens with one attached hydrogen (secondary N) is 1.